The molecule has 0 N–H and O–H groups in total. The standard InChI is InChI=1S/C8H12O4.C7H10O4/c1-2-3-6-12-8(11)5-4-7(9)10;1-2-5-11-7(10)4-3-6(8)9/h4-5H,2-3,6H2,1H3,(H,9,10);3-4H,2,5H2,1H3,(H,8,9)/p-2/b5-4+;4-3+. The first-order chi connectivity index (χ1) is 10.8. The third-order valence-electron chi connectivity index (χ3n) is 1.90. The molecule has 0 aromatic carbocycles. The van der Waals surface area contributed by atoms with Crippen LogP contribution in [0.25, 0.3) is 0 Å². The molecule has 0 amide bonds. The van der Waals surface area contributed by atoms with E-state index < -0.39 is 23.9 Å². The molecule has 0 fully saturated rings. The molecule has 8 heteroatoms. The van der Waals surface area contributed by atoms with Crippen LogP contribution in [0.5, 0.6) is 0 Å². The van der Waals surface area contributed by atoms with Crippen LogP contribution in [0.2, 0.25) is 0 Å². The molecule has 0 aliphatic heterocycles. The van der Waals surface area contributed by atoms with E-state index in [1.807, 2.05) is 13.8 Å². The monoisotopic (exact) mass is 328 g/mol. The minimum Gasteiger partial charge on any atom is -0.545 e. The Kier molecular flexibility index (Phi) is 15.5. The lowest BCUT2D eigenvalue weighted by atomic mass is 10.4. The average Bonchev–Trinajstić information content (AvgIpc) is 2.49. The summed E-state index contributed by atoms with van der Waals surface area (Å²) in [4.78, 5) is 40.7. The molecule has 0 aliphatic carbocycles. The quantitative estimate of drug-likeness (QED) is 0.295. The van der Waals surface area contributed by atoms with Crippen molar-refractivity contribution in [3.63, 3.8) is 0 Å². The molecule has 0 heterocycles. The summed E-state index contributed by atoms with van der Waals surface area (Å²) in [6.45, 7) is 4.43. The van der Waals surface area contributed by atoms with Crippen LogP contribution in [0.1, 0.15) is 33.1 Å². The van der Waals surface area contributed by atoms with Gasteiger partial charge in [-0.05, 0) is 25.0 Å². The zero-order valence-electron chi connectivity index (χ0n) is 13.1. The number of carboxylic acids is 2. The molecule has 0 saturated heterocycles. The second kappa shape index (κ2) is 15.7. The van der Waals surface area contributed by atoms with Gasteiger partial charge in [0.2, 0.25) is 0 Å². The Morgan fingerprint density at radius 2 is 1.17 bits per heavy atom. The van der Waals surface area contributed by atoms with Gasteiger partial charge in [0.05, 0.1) is 25.2 Å². The van der Waals surface area contributed by atoms with Gasteiger partial charge in [0.15, 0.2) is 0 Å². The minimum absolute atomic E-state index is 0.302. The summed E-state index contributed by atoms with van der Waals surface area (Å²) in [7, 11) is 0. The molecular weight excluding hydrogens is 308 g/mol. The van der Waals surface area contributed by atoms with Crippen LogP contribution in [-0.2, 0) is 28.7 Å². The number of esters is 2. The van der Waals surface area contributed by atoms with E-state index in [4.69, 9.17) is 0 Å². The highest BCUT2D eigenvalue weighted by Crippen LogP contribution is 1.89. The lowest BCUT2D eigenvalue weighted by Crippen LogP contribution is -2.19. The summed E-state index contributed by atoms with van der Waals surface area (Å²) in [5.41, 5.74) is 0. The summed E-state index contributed by atoms with van der Waals surface area (Å²) < 4.78 is 9.14. The second-order valence-electron chi connectivity index (χ2n) is 3.99. The van der Waals surface area contributed by atoms with E-state index in [-0.39, 0.29) is 0 Å². The van der Waals surface area contributed by atoms with Gasteiger partial charge in [-0.1, -0.05) is 20.3 Å². The van der Waals surface area contributed by atoms with Gasteiger partial charge in [-0.25, -0.2) is 9.59 Å². The van der Waals surface area contributed by atoms with Crippen LogP contribution in [0, 0.1) is 0 Å². The topological polar surface area (TPSA) is 133 Å². The van der Waals surface area contributed by atoms with E-state index in [2.05, 4.69) is 9.47 Å². The molecule has 0 rings (SSSR count). The zero-order valence-corrected chi connectivity index (χ0v) is 13.1. The molecule has 0 atom stereocenters. The molecule has 0 aliphatic rings. The molecule has 8 nitrogen and oxygen atoms in total. The maximum Gasteiger partial charge on any atom is 0.330 e. The lowest BCUT2D eigenvalue weighted by Gasteiger charge is -1.98. The zero-order chi connectivity index (χ0) is 18.1. The third-order valence-corrected chi connectivity index (χ3v) is 1.90. The Hall–Kier alpha value is -2.64. The van der Waals surface area contributed by atoms with Gasteiger partial charge in [-0.2, -0.15) is 0 Å². The number of carboxylic acid groups (broad SMARTS) is 2. The maximum absolute atomic E-state index is 10.6. The van der Waals surface area contributed by atoms with Crippen molar-refractivity contribution in [3.05, 3.63) is 24.3 Å². The Bertz CT molecular complexity index is 437. The molecule has 0 unspecified atom stereocenters. The summed E-state index contributed by atoms with van der Waals surface area (Å²) in [6, 6.07) is 0. The van der Waals surface area contributed by atoms with Crippen LogP contribution in [-0.4, -0.2) is 37.1 Å². The summed E-state index contributed by atoms with van der Waals surface area (Å²) in [5.74, 6) is -4.11. The normalized spacial score (nSPS) is 10.0. The molecule has 23 heavy (non-hydrogen) atoms. The van der Waals surface area contributed by atoms with Crippen LogP contribution in [0.3, 0.4) is 0 Å². The van der Waals surface area contributed by atoms with Crippen LogP contribution < -0.4 is 10.2 Å². The first-order valence-electron chi connectivity index (χ1n) is 6.95. The van der Waals surface area contributed by atoms with Gasteiger partial charge in [0, 0.05) is 12.2 Å². The highest BCUT2D eigenvalue weighted by molar-refractivity contribution is 5.90. The fourth-order valence-electron chi connectivity index (χ4n) is 0.888. The van der Waals surface area contributed by atoms with Gasteiger partial charge in [-0.15, -0.1) is 0 Å². The van der Waals surface area contributed by atoms with Gasteiger partial charge >= 0.3 is 11.9 Å². The summed E-state index contributed by atoms with van der Waals surface area (Å²) >= 11 is 0. The van der Waals surface area contributed by atoms with E-state index >= 15 is 0 Å². The third kappa shape index (κ3) is 21.8. The number of rotatable bonds is 9. The van der Waals surface area contributed by atoms with E-state index in [0.29, 0.717) is 31.8 Å². The number of hydrogen-bond acceptors (Lipinski definition) is 8. The van der Waals surface area contributed by atoms with Crippen molar-refractivity contribution in [2.45, 2.75) is 33.1 Å². The molecule has 0 saturated carbocycles. The molecule has 0 bridgehead atoms. The molecule has 0 spiro atoms. The van der Waals surface area contributed by atoms with Crippen molar-refractivity contribution in [2.24, 2.45) is 0 Å². The van der Waals surface area contributed by atoms with Crippen LogP contribution >= 0.6 is 0 Å². The van der Waals surface area contributed by atoms with E-state index in [0.717, 1.165) is 25.0 Å². The second-order valence-corrected chi connectivity index (χ2v) is 3.99. The van der Waals surface area contributed by atoms with Crippen molar-refractivity contribution in [1.82, 2.24) is 0 Å². The summed E-state index contributed by atoms with van der Waals surface area (Å²) in [6.07, 6.45) is 5.37. The van der Waals surface area contributed by atoms with Crippen molar-refractivity contribution in [1.29, 1.82) is 0 Å². The highest BCUT2D eigenvalue weighted by atomic mass is 16.5. The number of unbranched alkanes of at least 4 members (excludes halogenated alkanes) is 1. The Balaban J connectivity index is 0. The largest absolute Gasteiger partial charge is 0.545 e. The van der Waals surface area contributed by atoms with Crippen LogP contribution in [0.15, 0.2) is 24.3 Å². The van der Waals surface area contributed by atoms with Crippen LogP contribution in [0.4, 0.5) is 0 Å². The van der Waals surface area contributed by atoms with Crippen molar-refractivity contribution in [2.75, 3.05) is 13.2 Å². The number of aliphatic carboxylic acids is 2. The molecule has 0 aromatic rings. The molecular formula is C15H20O8-2. The van der Waals surface area contributed by atoms with Crippen molar-refractivity contribution in [3.8, 4) is 0 Å². The maximum atomic E-state index is 10.6. The van der Waals surface area contributed by atoms with Crippen molar-refractivity contribution >= 4 is 23.9 Å². The Morgan fingerprint density at radius 1 is 0.739 bits per heavy atom. The number of carbonyl (C=O) groups excluding carboxylic acids is 4. The smallest absolute Gasteiger partial charge is 0.330 e. The fourth-order valence-corrected chi connectivity index (χ4v) is 0.888. The lowest BCUT2D eigenvalue weighted by molar-refractivity contribution is -0.298. The van der Waals surface area contributed by atoms with E-state index in [1.54, 1.807) is 0 Å². The first kappa shape index (κ1) is 22.6. The highest BCUT2D eigenvalue weighted by Gasteiger charge is 1.94. The van der Waals surface area contributed by atoms with Crippen molar-refractivity contribution < 1.29 is 38.9 Å². The Morgan fingerprint density at radius 3 is 1.52 bits per heavy atom. The average molecular weight is 328 g/mol. The SMILES string of the molecule is CCCCOC(=O)/C=C/C(=O)[O-].CCCOC(=O)/C=C/C(=O)[O-]. The number of ether oxygens (including phenoxy) is 2. The van der Waals surface area contributed by atoms with E-state index in [9.17, 15) is 29.4 Å². The molecule has 130 valence electrons. The fraction of sp³-hybridized carbons (Fsp3) is 0.467. The van der Waals surface area contributed by atoms with Gasteiger partial charge in [0.25, 0.3) is 0 Å². The first-order valence-corrected chi connectivity index (χ1v) is 6.95. The number of hydrogen-bond donors (Lipinski definition) is 0. The van der Waals surface area contributed by atoms with Gasteiger partial charge in [-0.3, -0.25) is 0 Å². The van der Waals surface area contributed by atoms with Gasteiger partial charge < -0.3 is 29.3 Å². The predicted molar refractivity (Wildman–Crippen MR) is 75.4 cm³/mol. The van der Waals surface area contributed by atoms with E-state index in [1.165, 1.54) is 0 Å². The minimum atomic E-state index is -1.40. The molecule has 0 radical (unpaired) electrons. The number of carbonyl (C=O) groups is 4. The molecule has 0 aromatic heterocycles. The Labute approximate surface area is 134 Å². The van der Waals surface area contributed by atoms with Gasteiger partial charge in [0.1, 0.15) is 0 Å². The summed E-state index contributed by atoms with van der Waals surface area (Å²) in [5, 5.41) is 19.6. The predicted octanol–water partition coefficient (Wildman–Crippen LogP) is -1.12.